The van der Waals surface area contributed by atoms with Gasteiger partial charge in [0.1, 0.15) is 6.61 Å². The number of rotatable bonds is 7. The van der Waals surface area contributed by atoms with Crippen LogP contribution in [0.2, 0.25) is 0 Å². The van der Waals surface area contributed by atoms with E-state index in [1.54, 1.807) is 19.1 Å². The first-order valence-electron chi connectivity index (χ1n) is 10.3. The second kappa shape index (κ2) is 17.4. The Kier molecular flexibility index (Phi) is 15.8. The van der Waals surface area contributed by atoms with E-state index in [1.165, 1.54) is 34.8 Å². The molecule has 0 bridgehead atoms. The molecule has 0 spiro atoms. The first-order valence-corrected chi connectivity index (χ1v) is 10.7. The van der Waals surface area contributed by atoms with E-state index in [0.29, 0.717) is 22.8 Å². The molecule has 33 heavy (non-hydrogen) atoms. The molecule has 184 valence electrons. The van der Waals surface area contributed by atoms with Gasteiger partial charge in [-0.25, -0.2) is 9.59 Å². The number of hydrogen-bond acceptors (Lipinski definition) is 7. The largest absolute Gasteiger partial charge is 0.493 e. The monoisotopic (exact) mass is 483 g/mol. The van der Waals surface area contributed by atoms with Crippen molar-refractivity contribution in [1.82, 2.24) is 5.32 Å². The molecule has 1 atom stereocenters. The Morgan fingerprint density at radius 3 is 1.85 bits per heavy atom. The molecule has 8 nitrogen and oxygen atoms in total. The SMILES string of the molecule is CCC.CNC(=O)OC(C)Cl.COc1cc(C(=O)OCc2ccccc2)cc(OC)c1OC. The first-order chi connectivity index (χ1) is 15.8. The van der Waals surface area contributed by atoms with Crippen LogP contribution in [0.25, 0.3) is 0 Å². The molecular formula is C24H34ClNO7. The van der Waals surface area contributed by atoms with E-state index in [9.17, 15) is 9.59 Å². The van der Waals surface area contributed by atoms with Gasteiger partial charge in [0.25, 0.3) is 0 Å². The van der Waals surface area contributed by atoms with Crippen molar-refractivity contribution in [2.24, 2.45) is 0 Å². The van der Waals surface area contributed by atoms with Gasteiger partial charge in [0.2, 0.25) is 5.75 Å². The Morgan fingerprint density at radius 1 is 0.970 bits per heavy atom. The molecular weight excluding hydrogens is 450 g/mol. The number of alkyl carbamates (subject to hydrolysis) is 1. The van der Waals surface area contributed by atoms with E-state index in [4.69, 9.17) is 30.5 Å². The van der Waals surface area contributed by atoms with Gasteiger partial charge in [-0.2, -0.15) is 0 Å². The number of carbonyl (C=O) groups is 2. The van der Waals surface area contributed by atoms with Crippen molar-refractivity contribution in [2.45, 2.75) is 39.4 Å². The maximum absolute atomic E-state index is 12.2. The highest BCUT2D eigenvalue weighted by Crippen LogP contribution is 2.38. The van der Waals surface area contributed by atoms with Gasteiger partial charge in [-0.3, -0.25) is 0 Å². The molecule has 2 aromatic carbocycles. The zero-order valence-corrected chi connectivity index (χ0v) is 21.0. The van der Waals surface area contributed by atoms with Gasteiger partial charge in [0.05, 0.1) is 26.9 Å². The molecule has 0 aliphatic heterocycles. The second-order valence-corrected chi connectivity index (χ2v) is 7.00. The number of hydrogen-bond donors (Lipinski definition) is 1. The molecule has 0 fully saturated rings. The summed E-state index contributed by atoms with van der Waals surface area (Å²) in [6, 6.07) is 12.6. The first kappa shape index (κ1) is 29.9. The maximum atomic E-state index is 12.2. The lowest BCUT2D eigenvalue weighted by Gasteiger charge is -2.13. The Labute approximate surface area is 201 Å². The summed E-state index contributed by atoms with van der Waals surface area (Å²) in [6.45, 7) is 6.02. The molecule has 2 rings (SSSR count). The molecule has 0 aliphatic rings. The summed E-state index contributed by atoms with van der Waals surface area (Å²) < 4.78 is 25.4. The minimum Gasteiger partial charge on any atom is -0.493 e. The molecule has 1 N–H and O–H groups in total. The number of carbonyl (C=O) groups excluding carboxylic acids is 2. The Bertz CT molecular complexity index is 804. The van der Waals surface area contributed by atoms with E-state index in [0.717, 1.165) is 5.56 Å². The fraction of sp³-hybridized carbons (Fsp3) is 0.417. The van der Waals surface area contributed by atoms with Crippen LogP contribution >= 0.6 is 11.6 Å². The highest BCUT2D eigenvalue weighted by atomic mass is 35.5. The van der Waals surface area contributed by atoms with Crippen LogP contribution in [0.3, 0.4) is 0 Å². The summed E-state index contributed by atoms with van der Waals surface area (Å²) in [7, 11) is 5.97. The van der Waals surface area contributed by atoms with Gasteiger partial charge in [0, 0.05) is 7.05 Å². The number of nitrogens with one attached hydrogen (secondary N) is 1. The van der Waals surface area contributed by atoms with Gasteiger partial charge >= 0.3 is 12.1 Å². The Balaban J connectivity index is 0.000000780. The van der Waals surface area contributed by atoms with E-state index in [-0.39, 0.29) is 6.61 Å². The number of methoxy groups -OCH3 is 3. The number of halogens is 1. The van der Waals surface area contributed by atoms with Gasteiger partial charge in [-0.05, 0) is 24.6 Å². The van der Waals surface area contributed by atoms with Crippen molar-refractivity contribution in [3.8, 4) is 17.2 Å². The molecule has 2 aromatic rings. The fourth-order valence-electron chi connectivity index (χ4n) is 2.21. The fourth-order valence-corrected chi connectivity index (χ4v) is 2.29. The summed E-state index contributed by atoms with van der Waals surface area (Å²) in [6.07, 6.45) is 0.743. The number of ether oxygens (including phenoxy) is 5. The van der Waals surface area contributed by atoms with Crippen LogP contribution in [0.15, 0.2) is 42.5 Å². The van der Waals surface area contributed by atoms with Gasteiger partial charge < -0.3 is 29.0 Å². The Hall–Kier alpha value is -3.13. The standard InChI is InChI=1S/C17H18O5.C4H8ClNO2.C3H8/c1-19-14-9-13(10-15(20-2)16(14)21-3)17(18)22-11-12-7-5-4-6-8-12;1-3(5)8-4(7)6-2;1-3-2/h4-10H,11H2,1-3H3;3H,1-2H3,(H,6,7);3H2,1-2H3. The van der Waals surface area contributed by atoms with E-state index >= 15 is 0 Å². The van der Waals surface area contributed by atoms with Gasteiger partial charge in [-0.15, -0.1) is 0 Å². The number of benzene rings is 2. The molecule has 0 heterocycles. The molecule has 1 amide bonds. The normalized spacial score (nSPS) is 10.2. The summed E-state index contributed by atoms with van der Waals surface area (Å²) in [4.78, 5) is 22.4. The summed E-state index contributed by atoms with van der Waals surface area (Å²) in [5, 5.41) is 2.25. The lowest BCUT2D eigenvalue weighted by Crippen LogP contribution is -2.21. The van der Waals surface area contributed by atoms with Crippen LogP contribution in [0.5, 0.6) is 17.2 Å². The van der Waals surface area contributed by atoms with Crippen molar-refractivity contribution in [3.63, 3.8) is 0 Å². The van der Waals surface area contributed by atoms with E-state index in [1.807, 2.05) is 30.3 Å². The van der Waals surface area contributed by atoms with Crippen LogP contribution in [0, 0.1) is 0 Å². The van der Waals surface area contributed by atoms with Gasteiger partial charge in [-0.1, -0.05) is 62.2 Å². The predicted octanol–water partition coefficient (Wildman–Crippen LogP) is 5.41. The van der Waals surface area contributed by atoms with Crippen molar-refractivity contribution in [2.75, 3.05) is 28.4 Å². The quantitative estimate of drug-likeness (QED) is 0.415. The molecule has 1 unspecified atom stereocenters. The molecule has 0 aliphatic carbocycles. The lowest BCUT2D eigenvalue weighted by molar-refractivity contribution is 0.0471. The van der Waals surface area contributed by atoms with Crippen LogP contribution < -0.4 is 19.5 Å². The number of amides is 1. The minimum absolute atomic E-state index is 0.205. The lowest BCUT2D eigenvalue weighted by atomic mass is 10.2. The maximum Gasteiger partial charge on any atom is 0.408 e. The zero-order valence-electron chi connectivity index (χ0n) is 20.3. The molecule has 0 saturated carbocycles. The molecule has 0 aromatic heterocycles. The van der Waals surface area contributed by atoms with Crippen molar-refractivity contribution >= 4 is 23.7 Å². The topological polar surface area (TPSA) is 92.3 Å². The summed E-state index contributed by atoms with van der Waals surface area (Å²) in [5.74, 6) is 0.801. The van der Waals surface area contributed by atoms with E-state index in [2.05, 4.69) is 23.9 Å². The molecule has 0 saturated heterocycles. The van der Waals surface area contributed by atoms with Crippen molar-refractivity contribution in [3.05, 3.63) is 53.6 Å². The molecule has 9 heteroatoms. The second-order valence-electron chi connectivity index (χ2n) is 6.38. The smallest absolute Gasteiger partial charge is 0.408 e. The van der Waals surface area contributed by atoms with Crippen LogP contribution in [0.1, 0.15) is 43.1 Å². The van der Waals surface area contributed by atoms with Crippen LogP contribution in [0.4, 0.5) is 4.79 Å². The zero-order chi connectivity index (χ0) is 25.2. The third-order valence-corrected chi connectivity index (χ3v) is 3.68. The van der Waals surface area contributed by atoms with Crippen LogP contribution in [-0.4, -0.2) is 46.0 Å². The summed E-state index contributed by atoms with van der Waals surface area (Å²) in [5.41, 5.74) is 0.698. The van der Waals surface area contributed by atoms with Crippen molar-refractivity contribution < 1.29 is 33.3 Å². The Morgan fingerprint density at radius 2 is 1.48 bits per heavy atom. The predicted molar refractivity (Wildman–Crippen MR) is 128 cm³/mol. The number of alkyl halides is 1. The average Bonchev–Trinajstić information content (AvgIpc) is 2.82. The van der Waals surface area contributed by atoms with E-state index < -0.39 is 17.6 Å². The highest BCUT2D eigenvalue weighted by Gasteiger charge is 2.17. The third kappa shape index (κ3) is 11.9. The van der Waals surface area contributed by atoms with Crippen molar-refractivity contribution in [1.29, 1.82) is 0 Å². The molecule has 0 radical (unpaired) electrons. The highest BCUT2D eigenvalue weighted by molar-refractivity contribution is 6.19. The average molecular weight is 484 g/mol. The third-order valence-electron chi connectivity index (χ3n) is 3.59. The number of esters is 1. The van der Waals surface area contributed by atoms with Gasteiger partial charge in [0.15, 0.2) is 17.1 Å². The minimum atomic E-state index is -0.560. The summed E-state index contributed by atoms with van der Waals surface area (Å²) >= 11 is 5.27. The van der Waals surface area contributed by atoms with Crippen LogP contribution in [-0.2, 0) is 16.1 Å².